The molecule has 0 bridgehead atoms. The molecule has 130 valence electrons. The zero-order chi connectivity index (χ0) is 16.4. The first-order valence-corrected chi connectivity index (χ1v) is 9.29. The van der Waals surface area contributed by atoms with Gasteiger partial charge < -0.3 is 14.5 Å². The molecule has 2 amide bonds. The second-order valence-corrected chi connectivity index (χ2v) is 7.20. The van der Waals surface area contributed by atoms with Crippen LogP contribution in [0, 0.1) is 0 Å². The summed E-state index contributed by atoms with van der Waals surface area (Å²) in [4.78, 5) is 19.2. The average Bonchev–Trinajstić information content (AvgIpc) is 2.75. The number of amides is 2. The van der Waals surface area contributed by atoms with E-state index in [0.717, 1.165) is 44.4 Å². The molecular formula is C19H27N3O2. The maximum atomic E-state index is 12.7. The molecule has 2 heterocycles. The van der Waals surface area contributed by atoms with E-state index in [1.54, 1.807) is 0 Å². The molecule has 2 saturated heterocycles. The summed E-state index contributed by atoms with van der Waals surface area (Å²) >= 11 is 0. The van der Waals surface area contributed by atoms with Gasteiger partial charge in [0.15, 0.2) is 0 Å². The van der Waals surface area contributed by atoms with Crippen molar-refractivity contribution in [2.24, 2.45) is 0 Å². The molecule has 0 N–H and O–H groups in total. The van der Waals surface area contributed by atoms with Crippen LogP contribution in [-0.2, 0) is 0 Å². The standard InChI is InChI=1S/C19H27N3O2/c23-19(21-11-5-10-20(12-13-21)16-6-4-7-16)22-14-18(15-22)24-17-8-2-1-3-9-17/h1-3,8-9,16,18H,4-7,10-15H2. The van der Waals surface area contributed by atoms with Gasteiger partial charge in [-0.1, -0.05) is 24.6 Å². The van der Waals surface area contributed by atoms with Crippen molar-refractivity contribution in [2.45, 2.75) is 37.8 Å². The van der Waals surface area contributed by atoms with Gasteiger partial charge >= 0.3 is 6.03 Å². The second kappa shape index (κ2) is 7.01. The number of hydrogen-bond donors (Lipinski definition) is 0. The molecule has 1 aromatic rings. The Morgan fingerprint density at radius 1 is 0.917 bits per heavy atom. The SMILES string of the molecule is O=C(N1CCCN(C2CCC2)CC1)N1CC(Oc2ccccc2)C1. The van der Waals surface area contributed by atoms with E-state index in [0.29, 0.717) is 13.1 Å². The maximum Gasteiger partial charge on any atom is 0.320 e. The molecule has 1 aliphatic carbocycles. The van der Waals surface area contributed by atoms with Gasteiger partial charge in [-0.2, -0.15) is 0 Å². The highest BCUT2D eigenvalue weighted by molar-refractivity contribution is 5.75. The van der Waals surface area contributed by atoms with E-state index in [9.17, 15) is 4.79 Å². The fourth-order valence-electron chi connectivity index (χ4n) is 3.81. The Morgan fingerprint density at radius 3 is 2.42 bits per heavy atom. The monoisotopic (exact) mass is 329 g/mol. The van der Waals surface area contributed by atoms with Gasteiger partial charge in [0.1, 0.15) is 11.9 Å². The predicted molar refractivity (Wildman–Crippen MR) is 93.2 cm³/mol. The first-order valence-electron chi connectivity index (χ1n) is 9.29. The number of rotatable bonds is 3. The largest absolute Gasteiger partial charge is 0.487 e. The lowest BCUT2D eigenvalue weighted by Gasteiger charge is -2.41. The first kappa shape index (κ1) is 15.8. The van der Waals surface area contributed by atoms with Gasteiger partial charge in [0.25, 0.3) is 0 Å². The number of hydrogen-bond acceptors (Lipinski definition) is 3. The van der Waals surface area contributed by atoms with Crippen molar-refractivity contribution >= 4 is 6.03 Å². The van der Waals surface area contributed by atoms with Gasteiger partial charge in [-0.25, -0.2) is 4.79 Å². The topological polar surface area (TPSA) is 36.0 Å². The summed E-state index contributed by atoms with van der Waals surface area (Å²) in [5.41, 5.74) is 0. The molecule has 0 aromatic heterocycles. The summed E-state index contributed by atoms with van der Waals surface area (Å²) in [6, 6.07) is 10.8. The summed E-state index contributed by atoms with van der Waals surface area (Å²) in [6.07, 6.45) is 5.30. The number of urea groups is 1. The van der Waals surface area contributed by atoms with Gasteiger partial charge in [0.05, 0.1) is 13.1 Å². The van der Waals surface area contributed by atoms with Crippen LogP contribution >= 0.6 is 0 Å². The summed E-state index contributed by atoms with van der Waals surface area (Å²) in [6.45, 7) is 5.36. The Balaban J connectivity index is 1.23. The molecule has 24 heavy (non-hydrogen) atoms. The lowest BCUT2D eigenvalue weighted by molar-refractivity contribution is 0.0308. The third kappa shape index (κ3) is 3.36. The van der Waals surface area contributed by atoms with E-state index in [4.69, 9.17) is 4.74 Å². The number of likely N-dealkylation sites (tertiary alicyclic amines) is 1. The highest BCUT2D eigenvalue weighted by atomic mass is 16.5. The third-order valence-corrected chi connectivity index (χ3v) is 5.56. The van der Waals surface area contributed by atoms with Crippen molar-refractivity contribution in [3.05, 3.63) is 30.3 Å². The maximum absolute atomic E-state index is 12.7. The van der Waals surface area contributed by atoms with Gasteiger partial charge in [-0.15, -0.1) is 0 Å². The molecule has 5 heteroatoms. The average molecular weight is 329 g/mol. The third-order valence-electron chi connectivity index (χ3n) is 5.56. The minimum atomic E-state index is 0.134. The van der Waals surface area contributed by atoms with Crippen molar-refractivity contribution in [3.8, 4) is 5.75 Å². The zero-order valence-corrected chi connectivity index (χ0v) is 14.3. The molecule has 2 aliphatic heterocycles. The van der Waals surface area contributed by atoms with Crippen molar-refractivity contribution in [1.82, 2.24) is 14.7 Å². The molecule has 1 aromatic carbocycles. The van der Waals surface area contributed by atoms with Gasteiger partial charge in [-0.3, -0.25) is 4.90 Å². The fraction of sp³-hybridized carbons (Fsp3) is 0.632. The fourth-order valence-corrected chi connectivity index (χ4v) is 3.81. The number of carbonyl (C=O) groups excluding carboxylic acids is 1. The highest BCUT2D eigenvalue weighted by Crippen LogP contribution is 2.26. The lowest BCUT2D eigenvalue weighted by atomic mass is 9.91. The molecule has 0 radical (unpaired) electrons. The zero-order valence-electron chi connectivity index (χ0n) is 14.3. The van der Waals surface area contributed by atoms with Crippen molar-refractivity contribution in [2.75, 3.05) is 39.3 Å². The molecule has 0 unspecified atom stereocenters. The minimum absolute atomic E-state index is 0.134. The van der Waals surface area contributed by atoms with E-state index < -0.39 is 0 Å². The second-order valence-electron chi connectivity index (χ2n) is 7.20. The van der Waals surface area contributed by atoms with Crippen LogP contribution in [0.15, 0.2) is 30.3 Å². The Morgan fingerprint density at radius 2 is 1.71 bits per heavy atom. The number of carbonyl (C=O) groups is 1. The molecule has 0 atom stereocenters. The van der Waals surface area contributed by atoms with E-state index in [1.807, 2.05) is 40.1 Å². The van der Waals surface area contributed by atoms with Gasteiger partial charge in [0, 0.05) is 32.2 Å². The Bertz CT molecular complexity index is 555. The number of nitrogens with zero attached hydrogens (tertiary/aromatic N) is 3. The van der Waals surface area contributed by atoms with E-state index in [2.05, 4.69) is 4.90 Å². The van der Waals surface area contributed by atoms with E-state index in [1.165, 1.54) is 19.3 Å². The number of ether oxygens (including phenoxy) is 1. The summed E-state index contributed by atoms with van der Waals surface area (Å²) < 4.78 is 5.89. The Hall–Kier alpha value is -1.75. The van der Waals surface area contributed by atoms with E-state index >= 15 is 0 Å². The Kier molecular flexibility index (Phi) is 4.60. The van der Waals surface area contributed by atoms with Crippen LogP contribution < -0.4 is 4.74 Å². The van der Waals surface area contributed by atoms with Crippen molar-refractivity contribution in [1.29, 1.82) is 0 Å². The molecular weight excluding hydrogens is 302 g/mol. The van der Waals surface area contributed by atoms with Crippen LogP contribution in [0.4, 0.5) is 4.79 Å². The minimum Gasteiger partial charge on any atom is -0.487 e. The van der Waals surface area contributed by atoms with Crippen LogP contribution in [0.2, 0.25) is 0 Å². The van der Waals surface area contributed by atoms with Crippen LogP contribution in [-0.4, -0.2) is 72.1 Å². The molecule has 5 nitrogen and oxygen atoms in total. The van der Waals surface area contributed by atoms with Crippen molar-refractivity contribution in [3.63, 3.8) is 0 Å². The van der Waals surface area contributed by atoms with Crippen LogP contribution in [0.3, 0.4) is 0 Å². The summed E-state index contributed by atoms with van der Waals surface area (Å²) in [7, 11) is 0. The van der Waals surface area contributed by atoms with Crippen LogP contribution in [0.25, 0.3) is 0 Å². The van der Waals surface area contributed by atoms with Crippen LogP contribution in [0.5, 0.6) is 5.75 Å². The van der Waals surface area contributed by atoms with Crippen LogP contribution in [0.1, 0.15) is 25.7 Å². The molecule has 1 saturated carbocycles. The Labute approximate surface area is 144 Å². The highest BCUT2D eigenvalue weighted by Gasteiger charge is 2.36. The summed E-state index contributed by atoms with van der Waals surface area (Å²) in [5.74, 6) is 0.889. The predicted octanol–water partition coefficient (Wildman–Crippen LogP) is 2.43. The number of benzene rings is 1. The van der Waals surface area contributed by atoms with Crippen molar-refractivity contribution < 1.29 is 9.53 Å². The molecule has 3 aliphatic rings. The quantitative estimate of drug-likeness (QED) is 0.854. The molecule has 3 fully saturated rings. The molecule has 0 spiro atoms. The van der Waals surface area contributed by atoms with Gasteiger partial charge in [-0.05, 0) is 31.4 Å². The van der Waals surface area contributed by atoms with E-state index in [-0.39, 0.29) is 12.1 Å². The smallest absolute Gasteiger partial charge is 0.320 e. The normalized spacial score (nSPS) is 23.3. The molecule has 4 rings (SSSR count). The number of para-hydroxylation sites is 1. The lowest BCUT2D eigenvalue weighted by Crippen LogP contribution is -2.60. The van der Waals surface area contributed by atoms with Gasteiger partial charge in [0.2, 0.25) is 0 Å². The summed E-state index contributed by atoms with van der Waals surface area (Å²) in [5, 5.41) is 0. The first-order chi connectivity index (χ1) is 11.8.